The minimum Gasteiger partial charge on any atom is -0.353 e. The largest absolute Gasteiger partial charge is 0.353 e. The molecule has 140 valence electrons. The van der Waals surface area contributed by atoms with Crippen molar-refractivity contribution in [2.75, 3.05) is 38.1 Å². The fourth-order valence-electron chi connectivity index (χ4n) is 3.78. The van der Waals surface area contributed by atoms with Gasteiger partial charge >= 0.3 is 0 Å². The monoisotopic (exact) mass is 357 g/mol. The number of anilines is 1. The molecule has 8 heteroatoms. The number of piperazine rings is 1. The van der Waals surface area contributed by atoms with Crippen LogP contribution >= 0.6 is 0 Å². The molecule has 4 rings (SSSR count). The average Bonchev–Trinajstić information content (AvgIpc) is 3.30. The maximum absolute atomic E-state index is 12.2. The summed E-state index contributed by atoms with van der Waals surface area (Å²) in [5.41, 5.74) is 0.731. The highest BCUT2D eigenvalue weighted by molar-refractivity contribution is 5.76. The predicted molar refractivity (Wildman–Crippen MR) is 99.2 cm³/mol. The summed E-state index contributed by atoms with van der Waals surface area (Å²) in [5, 5.41) is 16.3. The summed E-state index contributed by atoms with van der Waals surface area (Å²) in [6.07, 6.45) is 5.64. The molecular weight excluding hydrogens is 330 g/mol. The number of amides is 1. The van der Waals surface area contributed by atoms with Crippen LogP contribution in [0.2, 0.25) is 0 Å². The molecule has 0 spiro atoms. The smallest absolute Gasteiger partial charge is 0.220 e. The van der Waals surface area contributed by atoms with E-state index >= 15 is 0 Å². The molecule has 1 amide bonds. The van der Waals surface area contributed by atoms with Crippen LogP contribution in [-0.2, 0) is 11.2 Å². The van der Waals surface area contributed by atoms with E-state index in [2.05, 4.69) is 32.4 Å². The molecule has 0 atom stereocenters. The third-order valence-corrected chi connectivity index (χ3v) is 5.44. The van der Waals surface area contributed by atoms with E-state index in [1.807, 2.05) is 12.1 Å². The van der Waals surface area contributed by atoms with Crippen molar-refractivity contribution in [2.45, 2.75) is 44.6 Å². The summed E-state index contributed by atoms with van der Waals surface area (Å²) >= 11 is 0. The number of nitrogens with one attached hydrogen (secondary N) is 1. The number of aryl methyl sites for hydroxylation is 1. The molecule has 2 aromatic heterocycles. The second-order valence-corrected chi connectivity index (χ2v) is 7.42. The molecule has 3 heterocycles. The van der Waals surface area contributed by atoms with Gasteiger partial charge in [-0.05, 0) is 32.0 Å². The third-order valence-electron chi connectivity index (χ3n) is 5.44. The van der Waals surface area contributed by atoms with Crippen LogP contribution in [0, 0.1) is 0 Å². The van der Waals surface area contributed by atoms with Gasteiger partial charge in [0.2, 0.25) is 5.91 Å². The number of nitrogens with zero attached hydrogens (tertiary/aromatic N) is 6. The number of hydrogen-bond donors (Lipinski definition) is 1. The molecule has 8 nitrogen and oxygen atoms in total. The van der Waals surface area contributed by atoms with Gasteiger partial charge in [-0.2, -0.15) is 4.52 Å². The van der Waals surface area contributed by atoms with E-state index in [9.17, 15) is 4.79 Å². The van der Waals surface area contributed by atoms with Crippen molar-refractivity contribution < 1.29 is 4.79 Å². The van der Waals surface area contributed by atoms with E-state index in [1.165, 1.54) is 12.8 Å². The zero-order valence-electron chi connectivity index (χ0n) is 15.4. The highest BCUT2D eigenvalue weighted by Gasteiger charge is 2.19. The molecule has 1 aliphatic heterocycles. The Kier molecular flexibility index (Phi) is 5.01. The zero-order valence-corrected chi connectivity index (χ0v) is 15.4. The molecule has 1 aliphatic carbocycles. The van der Waals surface area contributed by atoms with E-state index in [4.69, 9.17) is 5.10 Å². The van der Waals surface area contributed by atoms with Crippen LogP contribution in [0.1, 0.15) is 37.9 Å². The van der Waals surface area contributed by atoms with Crippen LogP contribution in [0.15, 0.2) is 12.1 Å². The van der Waals surface area contributed by atoms with Gasteiger partial charge in [0.25, 0.3) is 0 Å². The summed E-state index contributed by atoms with van der Waals surface area (Å²) < 4.78 is 1.79. The van der Waals surface area contributed by atoms with Gasteiger partial charge in [-0.1, -0.05) is 12.8 Å². The first-order chi connectivity index (χ1) is 12.7. The number of carbonyl (C=O) groups excluding carboxylic acids is 1. The van der Waals surface area contributed by atoms with E-state index in [0.717, 1.165) is 56.3 Å². The molecule has 1 saturated heterocycles. The van der Waals surface area contributed by atoms with E-state index in [-0.39, 0.29) is 5.91 Å². The minimum absolute atomic E-state index is 0.101. The van der Waals surface area contributed by atoms with Crippen molar-refractivity contribution in [1.82, 2.24) is 30.0 Å². The normalized spacial score (nSPS) is 19.3. The van der Waals surface area contributed by atoms with Gasteiger partial charge in [0.05, 0.1) is 0 Å². The first-order valence-electron chi connectivity index (χ1n) is 9.63. The number of fused-ring (bicyclic) bond motifs is 1. The van der Waals surface area contributed by atoms with Crippen molar-refractivity contribution in [2.24, 2.45) is 0 Å². The van der Waals surface area contributed by atoms with Gasteiger partial charge in [-0.25, -0.2) is 0 Å². The molecule has 1 N–H and O–H groups in total. The SMILES string of the molecule is CN1CCN(c2ccc3nnc(CCC(=O)NC4CCCC4)n3n2)CC1. The van der Waals surface area contributed by atoms with Gasteiger partial charge in [-0.3, -0.25) is 4.79 Å². The van der Waals surface area contributed by atoms with Gasteiger partial charge in [0.15, 0.2) is 11.5 Å². The Labute approximate surface area is 153 Å². The lowest BCUT2D eigenvalue weighted by atomic mass is 10.2. The Morgan fingerprint density at radius 2 is 1.92 bits per heavy atom. The molecule has 1 saturated carbocycles. The lowest BCUT2D eigenvalue weighted by Gasteiger charge is -2.33. The molecule has 0 radical (unpaired) electrons. The van der Waals surface area contributed by atoms with Crippen molar-refractivity contribution in [3.05, 3.63) is 18.0 Å². The van der Waals surface area contributed by atoms with Crippen molar-refractivity contribution in [3.8, 4) is 0 Å². The van der Waals surface area contributed by atoms with Gasteiger partial charge < -0.3 is 15.1 Å². The maximum atomic E-state index is 12.2. The van der Waals surface area contributed by atoms with Crippen molar-refractivity contribution >= 4 is 17.4 Å². The van der Waals surface area contributed by atoms with Gasteiger partial charge in [0.1, 0.15) is 5.82 Å². The summed E-state index contributed by atoms with van der Waals surface area (Å²) in [5.74, 6) is 1.79. The van der Waals surface area contributed by atoms with Crippen LogP contribution in [-0.4, -0.2) is 69.9 Å². The van der Waals surface area contributed by atoms with Gasteiger partial charge in [0, 0.05) is 45.1 Å². The number of carbonyl (C=O) groups is 1. The van der Waals surface area contributed by atoms with Crippen molar-refractivity contribution in [3.63, 3.8) is 0 Å². The van der Waals surface area contributed by atoms with Crippen LogP contribution in [0.3, 0.4) is 0 Å². The Morgan fingerprint density at radius 3 is 2.69 bits per heavy atom. The molecule has 0 aromatic carbocycles. The molecule has 2 aromatic rings. The van der Waals surface area contributed by atoms with Crippen LogP contribution in [0.4, 0.5) is 5.82 Å². The fourth-order valence-corrected chi connectivity index (χ4v) is 3.78. The molecular formula is C18H27N7O. The number of likely N-dealkylation sites (N-methyl/N-ethyl adjacent to an activating group) is 1. The summed E-state index contributed by atoms with van der Waals surface area (Å²) in [6, 6.07) is 4.32. The Hall–Kier alpha value is -2.22. The quantitative estimate of drug-likeness (QED) is 0.855. The number of rotatable bonds is 5. The fraction of sp³-hybridized carbons (Fsp3) is 0.667. The highest BCUT2D eigenvalue weighted by Crippen LogP contribution is 2.18. The molecule has 0 bridgehead atoms. The Morgan fingerprint density at radius 1 is 1.15 bits per heavy atom. The molecule has 2 fully saturated rings. The standard InChI is InChI=1S/C18H27N7O/c1-23-10-12-24(13-11-23)17-7-6-15-20-21-16(25(15)22-17)8-9-18(26)19-14-4-2-3-5-14/h6-7,14H,2-5,8-13H2,1H3,(H,19,26). The predicted octanol–water partition coefficient (Wildman–Crippen LogP) is 0.868. The number of aromatic nitrogens is 4. The summed E-state index contributed by atoms with van der Waals surface area (Å²) in [6.45, 7) is 4.01. The zero-order chi connectivity index (χ0) is 17.9. The van der Waals surface area contributed by atoms with Crippen molar-refractivity contribution in [1.29, 1.82) is 0 Å². The van der Waals surface area contributed by atoms with Crippen LogP contribution in [0.5, 0.6) is 0 Å². The van der Waals surface area contributed by atoms with E-state index in [1.54, 1.807) is 4.52 Å². The summed E-state index contributed by atoms with van der Waals surface area (Å²) in [7, 11) is 2.14. The van der Waals surface area contributed by atoms with Crippen LogP contribution < -0.4 is 10.2 Å². The summed E-state index contributed by atoms with van der Waals surface area (Å²) in [4.78, 5) is 16.8. The van der Waals surface area contributed by atoms with E-state index < -0.39 is 0 Å². The topological polar surface area (TPSA) is 78.7 Å². The molecule has 2 aliphatic rings. The molecule has 0 unspecified atom stereocenters. The first kappa shape index (κ1) is 17.2. The Bertz CT molecular complexity index is 760. The highest BCUT2D eigenvalue weighted by atomic mass is 16.1. The third kappa shape index (κ3) is 3.80. The van der Waals surface area contributed by atoms with Gasteiger partial charge in [-0.15, -0.1) is 15.3 Å². The number of hydrogen-bond acceptors (Lipinski definition) is 6. The Balaban J connectivity index is 1.42. The average molecular weight is 357 g/mol. The first-order valence-corrected chi connectivity index (χ1v) is 9.63. The maximum Gasteiger partial charge on any atom is 0.220 e. The van der Waals surface area contributed by atoms with Crippen LogP contribution in [0.25, 0.3) is 5.65 Å². The molecule has 26 heavy (non-hydrogen) atoms. The lowest BCUT2D eigenvalue weighted by Crippen LogP contribution is -2.45. The second-order valence-electron chi connectivity index (χ2n) is 7.42. The lowest BCUT2D eigenvalue weighted by molar-refractivity contribution is -0.121. The van der Waals surface area contributed by atoms with E-state index in [0.29, 0.717) is 18.9 Å². The minimum atomic E-state index is 0.101. The second kappa shape index (κ2) is 7.57.